The molecule has 28 heavy (non-hydrogen) atoms. The predicted octanol–water partition coefficient (Wildman–Crippen LogP) is 3.55. The number of anilines is 1. The van der Waals surface area contributed by atoms with E-state index >= 15 is 0 Å². The van der Waals surface area contributed by atoms with Crippen LogP contribution >= 0.6 is 0 Å². The normalized spacial score (nSPS) is 25.1. The molecule has 3 rings (SSSR count). The molecule has 0 radical (unpaired) electrons. The maximum atomic E-state index is 12.5. The molecule has 0 saturated heterocycles. The Kier molecular flexibility index (Phi) is 6.26. The Bertz CT molecular complexity index is 738. The van der Waals surface area contributed by atoms with E-state index < -0.39 is 30.5 Å². The number of hydrogen-bond acceptors (Lipinski definition) is 5. The van der Waals surface area contributed by atoms with Gasteiger partial charge in [-0.15, -0.1) is 0 Å². The summed E-state index contributed by atoms with van der Waals surface area (Å²) in [5, 5.41) is 2.44. The van der Waals surface area contributed by atoms with Crippen molar-refractivity contribution in [1.29, 1.82) is 0 Å². The number of Topliss-reactive ketones (excluding diaryl/α,β-unsaturated/α-hetero) is 1. The van der Waals surface area contributed by atoms with E-state index in [0.717, 1.165) is 19.3 Å². The number of amides is 1. The first-order valence-corrected chi connectivity index (χ1v) is 9.44. The average Bonchev–Trinajstić information content (AvgIpc) is 2.62. The summed E-state index contributed by atoms with van der Waals surface area (Å²) >= 11 is 0. The van der Waals surface area contributed by atoms with Crippen LogP contribution in [0.2, 0.25) is 0 Å². The van der Waals surface area contributed by atoms with E-state index in [0.29, 0.717) is 12.8 Å². The number of ketones is 1. The monoisotopic (exact) mass is 395 g/mol. The minimum Gasteiger partial charge on any atom is -0.452 e. The minimum atomic E-state index is -3.03. The highest BCUT2D eigenvalue weighted by molar-refractivity contribution is 5.96. The van der Waals surface area contributed by atoms with Crippen LogP contribution in [0.4, 0.5) is 14.5 Å². The van der Waals surface area contributed by atoms with Crippen molar-refractivity contribution < 1.29 is 32.6 Å². The first kappa shape index (κ1) is 20.2. The fraction of sp³-hybridized carbons (Fsp3) is 0.550. The van der Waals surface area contributed by atoms with Gasteiger partial charge < -0.3 is 14.8 Å². The fourth-order valence-electron chi connectivity index (χ4n) is 4.00. The summed E-state index contributed by atoms with van der Waals surface area (Å²) in [7, 11) is 0. The molecule has 1 unspecified atom stereocenters. The van der Waals surface area contributed by atoms with Crippen LogP contribution in [0, 0.1) is 17.8 Å². The van der Waals surface area contributed by atoms with Gasteiger partial charge >= 0.3 is 12.6 Å². The van der Waals surface area contributed by atoms with E-state index in [4.69, 9.17) is 4.74 Å². The van der Waals surface area contributed by atoms with Gasteiger partial charge in [-0.1, -0.05) is 18.6 Å². The smallest absolute Gasteiger partial charge is 0.387 e. The first-order chi connectivity index (χ1) is 13.3. The van der Waals surface area contributed by atoms with Crippen LogP contribution in [0.15, 0.2) is 24.3 Å². The van der Waals surface area contributed by atoms with Crippen LogP contribution in [0.3, 0.4) is 0 Å². The van der Waals surface area contributed by atoms with E-state index in [2.05, 4.69) is 10.1 Å². The quantitative estimate of drug-likeness (QED) is 0.745. The SMILES string of the molecule is C[C@H](OC(=O)C1C[C@H]2CCC[C@@H](C1)C2=O)C(=O)Nc1ccccc1OC(F)F. The number of hydrogen-bond donors (Lipinski definition) is 1. The Morgan fingerprint density at radius 2 is 1.79 bits per heavy atom. The Balaban J connectivity index is 1.57. The summed E-state index contributed by atoms with van der Waals surface area (Å²) in [6.07, 6.45) is 2.43. The summed E-state index contributed by atoms with van der Waals surface area (Å²) < 4.78 is 34.6. The van der Waals surface area contributed by atoms with Gasteiger partial charge in [0.1, 0.15) is 11.5 Å². The highest BCUT2D eigenvalue weighted by Crippen LogP contribution is 2.40. The zero-order valence-electron chi connectivity index (χ0n) is 15.5. The largest absolute Gasteiger partial charge is 0.452 e. The van der Waals surface area contributed by atoms with Crippen molar-refractivity contribution >= 4 is 23.3 Å². The number of esters is 1. The van der Waals surface area contributed by atoms with Crippen LogP contribution in [-0.2, 0) is 19.1 Å². The van der Waals surface area contributed by atoms with Gasteiger partial charge in [-0.3, -0.25) is 14.4 Å². The lowest BCUT2D eigenvalue weighted by atomic mass is 9.67. The number of alkyl halides is 2. The third kappa shape index (κ3) is 4.66. The molecule has 2 saturated carbocycles. The van der Waals surface area contributed by atoms with Crippen LogP contribution < -0.4 is 10.1 Å². The van der Waals surface area contributed by atoms with Gasteiger partial charge in [-0.25, -0.2) is 0 Å². The Morgan fingerprint density at radius 3 is 2.43 bits per heavy atom. The van der Waals surface area contributed by atoms with Crippen molar-refractivity contribution in [3.63, 3.8) is 0 Å². The van der Waals surface area contributed by atoms with Gasteiger partial charge in [0.2, 0.25) is 0 Å². The summed E-state index contributed by atoms with van der Waals surface area (Å²) in [5.74, 6) is -1.65. The van der Waals surface area contributed by atoms with Crippen LogP contribution in [0.25, 0.3) is 0 Å². The third-order valence-corrected chi connectivity index (χ3v) is 5.40. The summed E-state index contributed by atoms with van der Waals surface area (Å²) in [6.45, 7) is -1.61. The van der Waals surface area contributed by atoms with Gasteiger partial charge in [-0.2, -0.15) is 8.78 Å². The predicted molar refractivity (Wildman–Crippen MR) is 95.8 cm³/mol. The summed E-state index contributed by atoms with van der Waals surface area (Å²) in [5.41, 5.74) is 0.0634. The van der Waals surface area contributed by atoms with Crippen LogP contribution in [-0.4, -0.2) is 30.4 Å². The van der Waals surface area contributed by atoms with Crippen molar-refractivity contribution in [1.82, 2.24) is 0 Å². The van der Waals surface area contributed by atoms with E-state index in [1.165, 1.54) is 25.1 Å². The van der Waals surface area contributed by atoms with E-state index in [1.807, 2.05) is 0 Å². The Morgan fingerprint density at radius 1 is 1.14 bits per heavy atom. The molecule has 8 heteroatoms. The molecule has 1 amide bonds. The topological polar surface area (TPSA) is 81.7 Å². The molecule has 0 aromatic heterocycles. The van der Waals surface area contributed by atoms with Crippen molar-refractivity contribution in [2.75, 3.05) is 5.32 Å². The molecular weight excluding hydrogens is 372 g/mol. The molecule has 6 nitrogen and oxygen atoms in total. The number of halogens is 2. The summed E-state index contributed by atoms with van der Waals surface area (Å²) in [4.78, 5) is 36.9. The van der Waals surface area contributed by atoms with Gasteiger partial charge in [0.05, 0.1) is 11.6 Å². The molecule has 2 bridgehead atoms. The Labute approximate surface area is 161 Å². The van der Waals surface area contributed by atoms with Crippen molar-refractivity contribution in [2.24, 2.45) is 17.8 Å². The lowest BCUT2D eigenvalue weighted by Gasteiger charge is -2.36. The van der Waals surface area contributed by atoms with Crippen molar-refractivity contribution in [2.45, 2.75) is 51.7 Å². The number of ether oxygens (including phenoxy) is 2. The summed E-state index contributed by atoms with van der Waals surface area (Å²) in [6, 6.07) is 5.77. The maximum absolute atomic E-state index is 12.5. The molecule has 0 spiro atoms. The second-order valence-corrected chi connectivity index (χ2v) is 7.34. The zero-order chi connectivity index (χ0) is 20.3. The standard InChI is InChI=1S/C20H23F2NO5/c1-11(18(25)23-15-7-2-3-8-16(15)28-20(21)22)27-19(26)14-9-12-5-4-6-13(10-14)17(12)24/h2-3,7-8,11-14,20H,4-6,9-10H2,1H3,(H,23,25)/t11-,12-,13+,14?/m0/s1. The number of carbonyl (C=O) groups excluding carboxylic acids is 3. The molecule has 2 fully saturated rings. The number of para-hydroxylation sites is 2. The van der Waals surface area contributed by atoms with Crippen LogP contribution in [0.1, 0.15) is 39.0 Å². The number of carbonyl (C=O) groups is 3. The molecule has 2 aliphatic rings. The lowest BCUT2D eigenvalue weighted by molar-refractivity contribution is -0.161. The van der Waals surface area contributed by atoms with E-state index in [1.54, 1.807) is 6.07 Å². The number of rotatable bonds is 6. The van der Waals surface area contributed by atoms with Gasteiger partial charge in [0, 0.05) is 11.8 Å². The molecule has 2 aliphatic carbocycles. The Hall–Kier alpha value is -2.51. The van der Waals surface area contributed by atoms with E-state index in [-0.39, 0.29) is 29.1 Å². The molecule has 152 valence electrons. The van der Waals surface area contributed by atoms with Gasteiger partial charge in [0.25, 0.3) is 5.91 Å². The highest BCUT2D eigenvalue weighted by atomic mass is 19.3. The van der Waals surface area contributed by atoms with Gasteiger partial charge in [-0.05, 0) is 44.7 Å². The molecule has 0 heterocycles. The average molecular weight is 395 g/mol. The number of fused-ring (bicyclic) bond motifs is 2. The number of benzene rings is 1. The lowest BCUT2D eigenvalue weighted by Crippen LogP contribution is -2.41. The first-order valence-electron chi connectivity index (χ1n) is 9.44. The molecule has 1 N–H and O–H groups in total. The highest BCUT2D eigenvalue weighted by Gasteiger charge is 2.42. The second kappa shape index (κ2) is 8.67. The molecule has 1 aromatic rings. The third-order valence-electron chi connectivity index (χ3n) is 5.40. The van der Waals surface area contributed by atoms with Crippen LogP contribution in [0.5, 0.6) is 5.75 Å². The maximum Gasteiger partial charge on any atom is 0.387 e. The van der Waals surface area contributed by atoms with Crippen molar-refractivity contribution in [3.05, 3.63) is 24.3 Å². The van der Waals surface area contributed by atoms with Crippen molar-refractivity contribution in [3.8, 4) is 5.75 Å². The van der Waals surface area contributed by atoms with E-state index in [9.17, 15) is 23.2 Å². The zero-order valence-corrected chi connectivity index (χ0v) is 15.5. The fourth-order valence-corrected chi connectivity index (χ4v) is 4.00. The molecule has 0 aliphatic heterocycles. The molecule has 4 atom stereocenters. The second-order valence-electron chi connectivity index (χ2n) is 7.34. The number of nitrogens with one attached hydrogen (secondary N) is 1. The minimum absolute atomic E-state index is 0.0634. The molecule has 1 aromatic carbocycles. The van der Waals surface area contributed by atoms with Gasteiger partial charge in [0.15, 0.2) is 6.10 Å². The molecular formula is C20H23F2NO5.